The van der Waals surface area contributed by atoms with Gasteiger partial charge in [-0.1, -0.05) is 29.3 Å². The van der Waals surface area contributed by atoms with E-state index in [-0.39, 0.29) is 11.1 Å². The van der Waals surface area contributed by atoms with Gasteiger partial charge in [-0.25, -0.2) is 14.2 Å². The molecule has 138 valence electrons. The smallest absolute Gasteiger partial charge is 0.336 e. The van der Waals surface area contributed by atoms with Gasteiger partial charge in [-0.15, -0.1) is 0 Å². The number of carbonyl (C=O) groups is 1. The molecule has 0 fully saturated rings. The van der Waals surface area contributed by atoms with Crippen molar-refractivity contribution in [3.8, 4) is 11.4 Å². The van der Waals surface area contributed by atoms with E-state index in [1.807, 2.05) is 0 Å². The van der Waals surface area contributed by atoms with Crippen LogP contribution in [0.25, 0.3) is 11.4 Å². The number of benzene rings is 2. The van der Waals surface area contributed by atoms with Crippen molar-refractivity contribution in [2.45, 2.75) is 0 Å². The van der Waals surface area contributed by atoms with Crippen molar-refractivity contribution < 1.29 is 14.3 Å². The lowest BCUT2D eigenvalue weighted by atomic mass is 10.1. The summed E-state index contributed by atoms with van der Waals surface area (Å²) in [6.45, 7) is 0. The Kier molecular flexibility index (Phi) is 5.69. The van der Waals surface area contributed by atoms with Crippen LogP contribution < -0.4 is 5.01 Å². The van der Waals surface area contributed by atoms with Crippen LogP contribution in [0.1, 0.15) is 15.9 Å². The SMILES string of the molecule is CN(/N=C/c1ccc(F)cc1C(=O)O)c1nc(-c2c(Cl)cccc2Cl)ns1. The molecule has 0 saturated carbocycles. The summed E-state index contributed by atoms with van der Waals surface area (Å²) < 4.78 is 17.5. The zero-order valence-corrected chi connectivity index (χ0v) is 16.1. The number of carboxylic acids is 1. The minimum Gasteiger partial charge on any atom is -0.478 e. The molecule has 0 aliphatic carbocycles. The van der Waals surface area contributed by atoms with E-state index in [1.165, 1.54) is 17.3 Å². The van der Waals surface area contributed by atoms with E-state index in [0.29, 0.717) is 26.6 Å². The fraction of sp³-hybridized carbons (Fsp3) is 0.0588. The van der Waals surface area contributed by atoms with Crippen LogP contribution in [0.2, 0.25) is 10.0 Å². The van der Waals surface area contributed by atoms with Gasteiger partial charge in [-0.05, 0) is 30.3 Å². The summed E-state index contributed by atoms with van der Waals surface area (Å²) >= 11 is 13.4. The van der Waals surface area contributed by atoms with E-state index >= 15 is 0 Å². The fourth-order valence-electron chi connectivity index (χ4n) is 2.18. The molecule has 1 N–H and O–H groups in total. The number of hydrazone groups is 1. The number of aromatic nitrogens is 2. The quantitative estimate of drug-likeness (QED) is 0.469. The monoisotopic (exact) mass is 424 g/mol. The van der Waals surface area contributed by atoms with Gasteiger partial charge < -0.3 is 5.11 Å². The summed E-state index contributed by atoms with van der Waals surface area (Å²) in [5.41, 5.74) is 0.593. The average molecular weight is 425 g/mol. The third kappa shape index (κ3) is 4.24. The molecule has 3 aromatic rings. The molecular weight excluding hydrogens is 414 g/mol. The highest BCUT2D eigenvalue weighted by molar-refractivity contribution is 7.09. The summed E-state index contributed by atoms with van der Waals surface area (Å²) in [5, 5.41) is 16.0. The first-order chi connectivity index (χ1) is 12.9. The third-order valence-electron chi connectivity index (χ3n) is 3.49. The molecule has 3 rings (SSSR count). The Labute approximate surface area is 167 Å². The first-order valence-electron chi connectivity index (χ1n) is 7.45. The van der Waals surface area contributed by atoms with E-state index in [4.69, 9.17) is 28.3 Å². The molecule has 10 heteroatoms. The van der Waals surface area contributed by atoms with Gasteiger partial charge in [0.15, 0.2) is 5.82 Å². The maximum Gasteiger partial charge on any atom is 0.336 e. The number of hydrogen-bond acceptors (Lipinski definition) is 6. The van der Waals surface area contributed by atoms with Gasteiger partial charge in [0.1, 0.15) is 5.82 Å². The molecule has 0 aliphatic rings. The molecule has 1 aromatic heterocycles. The zero-order chi connectivity index (χ0) is 19.6. The van der Waals surface area contributed by atoms with Crippen molar-refractivity contribution in [3.63, 3.8) is 0 Å². The number of carboxylic acid groups (broad SMARTS) is 1. The van der Waals surface area contributed by atoms with E-state index in [1.54, 1.807) is 25.2 Å². The Morgan fingerprint density at radius 3 is 2.67 bits per heavy atom. The Hall–Kier alpha value is -2.55. The van der Waals surface area contributed by atoms with E-state index in [9.17, 15) is 9.18 Å². The summed E-state index contributed by atoms with van der Waals surface area (Å²) in [7, 11) is 1.62. The molecule has 1 heterocycles. The molecule has 0 aliphatic heterocycles. The summed E-state index contributed by atoms with van der Waals surface area (Å²) in [4.78, 5) is 15.6. The summed E-state index contributed by atoms with van der Waals surface area (Å²) in [6.07, 6.45) is 1.31. The maximum absolute atomic E-state index is 13.2. The number of rotatable bonds is 5. The number of nitrogens with zero attached hydrogens (tertiary/aromatic N) is 4. The van der Waals surface area contributed by atoms with Crippen molar-refractivity contribution >= 4 is 52.0 Å². The summed E-state index contributed by atoms with van der Waals surface area (Å²) in [5.74, 6) is -1.52. The molecule has 0 saturated heterocycles. The van der Waals surface area contributed by atoms with Crippen LogP contribution in [0.4, 0.5) is 9.52 Å². The van der Waals surface area contributed by atoms with E-state index < -0.39 is 11.8 Å². The highest BCUT2D eigenvalue weighted by Gasteiger charge is 2.16. The van der Waals surface area contributed by atoms with Crippen molar-refractivity contribution in [1.82, 2.24) is 9.36 Å². The number of anilines is 1. The van der Waals surface area contributed by atoms with E-state index in [0.717, 1.165) is 23.7 Å². The van der Waals surface area contributed by atoms with Gasteiger partial charge >= 0.3 is 5.97 Å². The minimum atomic E-state index is -1.25. The van der Waals surface area contributed by atoms with Gasteiger partial charge in [0.05, 0.1) is 27.4 Å². The first-order valence-corrected chi connectivity index (χ1v) is 8.98. The molecule has 0 amide bonds. The second kappa shape index (κ2) is 7.99. The Morgan fingerprint density at radius 1 is 1.30 bits per heavy atom. The lowest BCUT2D eigenvalue weighted by Crippen LogP contribution is -2.10. The Bertz CT molecular complexity index is 1020. The van der Waals surface area contributed by atoms with Crippen LogP contribution >= 0.6 is 34.7 Å². The summed E-state index contributed by atoms with van der Waals surface area (Å²) in [6, 6.07) is 8.54. The molecule has 0 atom stereocenters. The van der Waals surface area contributed by atoms with Crippen LogP contribution in [0.15, 0.2) is 41.5 Å². The van der Waals surface area contributed by atoms with Gasteiger partial charge in [-0.2, -0.15) is 14.5 Å². The maximum atomic E-state index is 13.2. The van der Waals surface area contributed by atoms with Crippen LogP contribution in [0.3, 0.4) is 0 Å². The highest BCUT2D eigenvalue weighted by atomic mass is 35.5. The lowest BCUT2D eigenvalue weighted by molar-refractivity contribution is 0.0696. The van der Waals surface area contributed by atoms with Crippen molar-refractivity contribution in [2.24, 2.45) is 5.10 Å². The molecular formula is C17H11Cl2FN4O2S. The van der Waals surface area contributed by atoms with Crippen LogP contribution in [-0.4, -0.2) is 33.7 Å². The second-order valence-corrected chi connectivity index (χ2v) is 6.85. The zero-order valence-electron chi connectivity index (χ0n) is 13.7. The molecule has 6 nitrogen and oxygen atoms in total. The number of aromatic carboxylic acids is 1. The Balaban J connectivity index is 1.86. The van der Waals surface area contributed by atoms with Gasteiger partial charge in [0.25, 0.3) is 0 Å². The largest absolute Gasteiger partial charge is 0.478 e. The molecule has 27 heavy (non-hydrogen) atoms. The highest BCUT2D eigenvalue weighted by Crippen LogP contribution is 2.34. The number of hydrogen-bond donors (Lipinski definition) is 1. The molecule has 0 bridgehead atoms. The predicted octanol–water partition coefficient (Wildman–Crippen LogP) is 4.82. The molecule has 0 spiro atoms. The third-order valence-corrected chi connectivity index (χ3v) is 4.91. The van der Waals surface area contributed by atoms with Crippen LogP contribution in [-0.2, 0) is 0 Å². The standard InChI is InChI=1S/C17H11Cl2FN4O2S/c1-24(21-8-9-5-6-10(20)7-11(9)16(25)26)17-22-15(23-27-17)14-12(18)3-2-4-13(14)19/h2-8H,1H3,(H,25,26)/b21-8+. The van der Waals surface area contributed by atoms with Crippen LogP contribution in [0.5, 0.6) is 0 Å². The Morgan fingerprint density at radius 2 is 2.00 bits per heavy atom. The number of halogens is 3. The molecule has 0 radical (unpaired) electrons. The fourth-order valence-corrected chi connectivity index (χ4v) is 3.34. The van der Waals surface area contributed by atoms with Gasteiger partial charge in [0, 0.05) is 24.1 Å². The topological polar surface area (TPSA) is 78.7 Å². The van der Waals surface area contributed by atoms with Gasteiger partial charge in [0.2, 0.25) is 5.13 Å². The van der Waals surface area contributed by atoms with Crippen molar-refractivity contribution in [2.75, 3.05) is 12.1 Å². The van der Waals surface area contributed by atoms with Crippen molar-refractivity contribution in [3.05, 3.63) is 63.4 Å². The first kappa shape index (κ1) is 19.2. The molecule has 2 aromatic carbocycles. The van der Waals surface area contributed by atoms with E-state index in [2.05, 4.69) is 14.5 Å². The minimum absolute atomic E-state index is 0.187. The lowest BCUT2D eigenvalue weighted by Gasteiger charge is -2.08. The molecule has 0 unspecified atom stereocenters. The van der Waals surface area contributed by atoms with Crippen molar-refractivity contribution in [1.29, 1.82) is 0 Å². The predicted molar refractivity (Wildman–Crippen MR) is 105 cm³/mol. The second-order valence-electron chi connectivity index (χ2n) is 5.30. The van der Waals surface area contributed by atoms with Crippen LogP contribution in [0, 0.1) is 5.82 Å². The normalized spacial score (nSPS) is 11.1. The van der Waals surface area contributed by atoms with Gasteiger partial charge in [-0.3, -0.25) is 0 Å². The average Bonchev–Trinajstić information content (AvgIpc) is 3.10.